The average molecular weight is 487 g/mol. The summed E-state index contributed by atoms with van der Waals surface area (Å²) in [7, 11) is 0. The molecule has 1 amide bonds. The van der Waals surface area contributed by atoms with E-state index in [2.05, 4.69) is 20.5 Å². The molecule has 2 N–H and O–H groups in total. The molecule has 2 heterocycles. The fourth-order valence-electron chi connectivity index (χ4n) is 3.35. The van der Waals surface area contributed by atoms with E-state index in [0.717, 1.165) is 43.4 Å². The lowest BCUT2D eigenvalue weighted by Crippen LogP contribution is -2.36. The number of aromatic nitrogens is 1. The number of carbonyl (C=O) groups excluding carboxylic acids is 1. The van der Waals surface area contributed by atoms with Crippen LogP contribution in [0.1, 0.15) is 6.92 Å². The number of amides is 1. The van der Waals surface area contributed by atoms with E-state index in [-0.39, 0.29) is 11.8 Å². The van der Waals surface area contributed by atoms with Crippen molar-refractivity contribution < 1.29 is 14.3 Å². The van der Waals surface area contributed by atoms with Gasteiger partial charge in [-0.15, -0.1) is 0 Å². The summed E-state index contributed by atoms with van der Waals surface area (Å²) in [6, 6.07) is 16.2. The van der Waals surface area contributed by atoms with Gasteiger partial charge >= 0.3 is 0 Å². The largest absolute Gasteiger partial charge is 0.438 e. The van der Waals surface area contributed by atoms with Crippen molar-refractivity contribution in [2.24, 2.45) is 0 Å². The van der Waals surface area contributed by atoms with E-state index in [0.29, 0.717) is 15.8 Å². The number of nitrogens with zero attached hydrogens (tertiary/aromatic N) is 2. The molecule has 1 aliphatic rings. The summed E-state index contributed by atoms with van der Waals surface area (Å²) in [4.78, 5) is 19.0. The summed E-state index contributed by atoms with van der Waals surface area (Å²) in [5.41, 5.74) is 2.66. The Morgan fingerprint density at radius 2 is 1.73 bits per heavy atom. The molecule has 1 aliphatic heterocycles. The molecule has 4 rings (SSSR count). The van der Waals surface area contributed by atoms with Crippen LogP contribution in [0.25, 0.3) is 0 Å². The van der Waals surface area contributed by atoms with E-state index >= 15 is 0 Å². The Hall–Kier alpha value is -3.00. The minimum atomic E-state index is -0.442. The summed E-state index contributed by atoms with van der Waals surface area (Å²) in [5.74, 6) is 0.704. The molecule has 33 heavy (non-hydrogen) atoms. The smallest absolute Gasteiger partial charge is 0.246 e. The van der Waals surface area contributed by atoms with Gasteiger partial charge in [-0.3, -0.25) is 4.79 Å². The number of rotatable bonds is 7. The molecule has 1 fully saturated rings. The first-order valence-electron chi connectivity index (χ1n) is 10.6. The molecule has 1 unspecified atom stereocenters. The first kappa shape index (κ1) is 23.2. The molecule has 9 heteroatoms. The maximum absolute atomic E-state index is 12.6. The van der Waals surface area contributed by atoms with Crippen LogP contribution in [0.2, 0.25) is 10.0 Å². The van der Waals surface area contributed by atoms with Crippen LogP contribution >= 0.6 is 23.2 Å². The van der Waals surface area contributed by atoms with Gasteiger partial charge in [-0.25, -0.2) is 4.98 Å². The summed E-state index contributed by atoms with van der Waals surface area (Å²) in [6.45, 7) is 5.03. The highest BCUT2D eigenvalue weighted by molar-refractivity contribution is 6.35. The van der Waals surface area contributed by atoms with Gasteiger partial charge in [-0.2, -0.15) is 0 Å². The maximum atomic E-state index is 12.6. The van der Waals surface area contributed by atoms with Crippen molar-refractivity contribution >= 4 is 46.2 Å². The van der Waals surface area contributed by atoms with Gasteiger partial charge in [0.05, 0.1) is 18.2 Å². The second-order valence-electron chi connectivity index (χ2n) is 7.57. The first-order valence-corrected chi connectivity index (χ1v) is 11.3. The number of hydrogen-bond donors (Lipinski definition) is 2. The molecular weight excluding hydrogens is 463 g/mol. The van der Waals surface area contributed by atoms with Gasteiger partial charge < -0.3 is 25.0 Å². The lowest BCUT2D eigenvalue weighted by molar-refractivity contribution is -0.116. The molecule has 0 spiro atoms. The summed E-state index contributed by atoms with van der Waals surface area (Å²) < 4.78 is 11.1. The second kappa shape index (κ2) is 10.7. The molecule has 7 nitrogen and oxygen atoms in total. The van der Waals surface area contributed by atoms with Crippen LogP contribution in [0.5, 0.6) is 11.6 Å². The Bertz CT molecular complexity index is 1090. The van der Waals surface area contributed by atoms with E-state index in [1.807, 2.05) is 36.4 Å². The summed E-state index contributed by atoms with van der Waals surface area (Å²) >= 11 is 11.9. The van der Waals surface area contributed by atoms with Crippen molar-refractivity contribution in [2.45, 2.75) is 13.0 Å². The standard InChI is InChI=1S/C24H24Cl2N4O3/c1-16(23(31)29-19-2-6-20(7-3-19)30-10-12-32-13-11-30)28-18-4-8-21(9-5-18)33-24-22(26)14-17(25)15-27-24/h2-9,14-16,28H,10-13H2,1H3,(H,29,31). The highest BCUT2D eigenvalue weighted by Gasteiger charge is 2.15. The molecule has 0 saturated carbocycles. The number of anilines is 3. The highest BCUT2D eigenvalue weighted by atomic mass is 35.5. The molecule has 0 bridgehead atoms. The zero-order valence-electron chi connectivity index (χ0n) is 18.1. The molecule has 0 radical (unpaired) electrons. The minimum Gasteiger partial charge on any atom is -0.438 e. The monoisotopic (exact) mass is 486 g/mol. The van der Waals surface area contributed by atoms with Crippen LogP contribution in [-0.2, 0) is 9.53 Å². The predicted molar refractivity (Wildman–Crippen MR) is 132 cm³/mol. The summed E-state index contributed by atoms with van der Waals surface area (Å²) in [6.07, 6.45) is 1.47. The van der Waals surface area contributed by atoms with E-state index < -0.39 is 6.04 Å². The van der Waals surface area contributed by atoms with Gasteiger partial charge in [-0.05, 0) is 61.5 Å². The van der Waals surface area contributed by atoms with E-state index in [1.165, 1.54) is 6.20 Å². The Balaban J connectivity index is 1.30. The lowest BCUT2D eigenvalue weighted by Gasteiger charge is -2.29. The molecule has 1 saturated heterocycles. The minimum absolute atomic E-state index is 0.133. The molecule has 1 atom stereocenters. The van der Waals surface area contributed by atoms with E-state index in [4.69, 9.17) is 32.7 Å². The van der Waals surface area contributed by atoms with Crippen LogP contribution in [-0.4, -0.2) is 43.2 Å². The van der Waals surface area contributed by atoms with Crippen molar-refractivity contribution in [1.29, 1.82) is 0 Å². The van der Waals surface area contributed by atoms with Crippen molar-refractivity contribution in [1.82, 2.24) is 4.98 Å². The number of halogens is 2. The third-order valence-corrected chi connectivity index (χ3v) is 5.61. The number of pyridine rings is 1. The Morgan fingerprint density at radius 3 is 2.39 bits per heavy atom. The molecular formula is C24H24Cl2N4O3. The van der Waals surface area contributed by atoms with Gasteiger partial charge in [-0.1, -0.05) is 23.2 Å². The molecule has 2 aromatic carbocycles. The number of benzene rings is 2. The lowest BCUT2D eigenvalue weighted by atomic mass is 10.2. The third kappa shape index (κ3) is 6.28. The number of carbonyl (C=O) groups is 1. The van der Waals surface area contributed by atoms with Gasteiger partial charge in [0.15, 0.2) is 0 Å². The maximum Gasteiger partial charge on any atom is 0.246 e. The second-order valence-corrected chi connectivity index (χ2v) is 8.41. The third-order valence-electron chi connectivity index (χ3n) is 5.13. The first-order chi connectivity index (χ1) is 16.0. The molecule has 3 aromatic rings. The topological polar surface area (TPSA) is 75.7 Å². The molecule has 1 aromatic heterocycles. The zero-order valence-corrected chi connectivity index (χ0v) is 19.6. The van der Waals surface area contributed by atoms with Crippen molar-refractivity contribution in [2.75, 3.05) is 41.8 Å². The van der Waals surface area contributed by atoms with Crippen molar-refractivity contribution in [3.63, 3.8) is 0 Å². The number of ether oxygens (including phenoxy) is 2. The normalized spacial score (nSPS) is 14.5. The van der Waals surface area contributed by atoms with Crippen LogP contribution in [0.4, 0.5) is 17.1 Å². The summed E-state index contributed by atoms with van der Waals surface area (Å²) in [5, 5.41) is 6.89. The Labute approximate surface area is 202 Å². The fraction of sp³-hybridized carbons (Fsp3) is 0.250. The van der Waals surface area contributed by atoms with E-state index in [1.54, 1.807) is 25.1 Å². The van der Waals surface area contributed by atoms with Gasteiger partial charge in [0.2, 0.25) is 11.8 Å². The zero-order chi connectivity index (χ0) is 23.2. The van der Waals surface area contributed by atoms with E-state index in [9.17, 15) is 4.79 Å². The fourth-order valence-corrected chi connectivity index (χ4v) is 3.77. The number of hydrogen-bond acceptors (Lipinski definition) is 6. The predicted octanol–water partition coefficient (Wildman–Crippen LogP) is 5.46. The van der Waals surface area contributed by atoms with Gasteiger partial charge in [0, 0.05) is 36.3 Å². The quantitative estimate of drug-likeness (QED) is 0.461. The van der Waals surface area contributed by atoms with Crippen LogP contribution in [0, 0.1) is 0 Å². The van der Waals surface area contributed by atoms with Gasteiger partial charge in [0.1, 0.15) is 16.8 Å². The Kier molecular flexibility index (Phi) is 7.54. The molecule has 172 valence electrons. The van der Waals surface area contributed by atoms with Crippen LogP contribution in [0.3, 0.4) is 0 Å². The number of nitrogens with one attached hydrogen (secondary N) is 2. The SMILES string of the molecule is CC(Nc1ccc(Oc2ncc(Cl)cc2Cl)cc1)C(=O)Nc1ccc(N2CCOCC2)cc1. The average Bonchev–Trinajstić information content (AvgIpc) is 2.83. The van der Waals surface area contributed by atoms with Gasteiger partial charge in [0.25, 0.3) is 0 Å². The highest BCUT2D eigenvalue weighted by Crippen LogP contribution is 2.29. The van der Waals surface area contributed by atoms with Crippen molar-refractivity contribution in [3.8, 4) is 11.6 Å². The van der Waals surface area contributed by atoms with Crippen molar-refractivity contribution in [3.05, 3.63) is 70.8 Å². The number of morpholine rings is 1. The van der Waals surface area contributed by atoms with Crippen LogP contribution in [0.15, 0.2) is 60.8 Å². The Morgan fingerprint density at radius 1 is 1.06 bits per heavy atom. The molecule has 0 aliphatic carbocycles. The van der Waals surface area contributed by atoms with Crippen LogP contribution < -0.4 is 20.3 Å².